The molecule has 1 heteroatoms. The summed E-state index contributed by atoms with van der Waals surface area (Å²) in [6, 6.07) is 0. The number of hydrogen-bond acceptors (Lipinski definition) is 1. The molecule has 128 valence electrons. The number of aldehydes is 1. The van der Waals surface area contributed by atoms with Gasteiger partial charge in [-0.2, -0.15) is 0 Å². The number of carbonyl (C=O) groups excluding carboxylic acids is 1. The van der Waals surface area contributed by atoms with Crippen LogP contribution < -0.4 is 0 Å². The van der Waals surface area contributed by atoms with Gasteiger partial charge < -0.3 is 4.79 Å². The van der Waals surface area contributed by atoms with Crippen molar-refractivity contribution in [3.63, 3.8) is 0 Å². The molecular weight excluding hydrogens is 268 g/mol. The fourth-order valence-electron chi connectivity index (χ4n) is 2.93. The summed E-state index contributed by atoms with van der Waals surface area (Å²) in [7, 11) is 0. The molecule has 0 aliphatic rings. The number of carbonyl (C=O) groups is 1. The van der Waals surface area contributed by atoms with Crippen LogP contribution in [-0.4, -0.2) is 6.29 Å². The minimum atomic E-state index is 0.755. The Labute approximate surface area is 139 Å². The second kappa shape index (κ2) is 20.2. The highest BCUT2D eigenvalue weighted by Crippen LogP contribution is 2.14. The summed E-state index contributed by atoms with van der Waals surface area (Å²) in [5, 5.41) is 0. The van der Waals surface area contributed by atoms with Gasteiger partial charge in [0.25, 0.3) is 0 Å². The monoisotopic (exact) mass is 306 g/mol. The number of hydrogen-bond donors (Lipinski definition) is 0. The molecule has 0 aromatic rings. The number of rotatable bonds is 18. The van der Waals surface area contributed by atoms with E-state index < -0.39 is 0 Å². The van der Waals surface area contributed by atoms with Gasteiger partial charge in [-0.15, -0.1) is 12.3 Å². The fraction of sp³-hybridized carbons (Fsp3) is 0.857. The molecule has 0 radical (unpaired) electrons. The molecule has 0 aliphatic heterocycles. The van der Waals surface area contributed by atoms with Crippen molar-refractivity contribution in [1.29, 1.82) is 0 Å². The Morgan fingerprint density at radius 1 is 0.545 bits per heavy atom. The van der Waals surface area contributed by atoms with Crippen LogP contribution in [0, 0.1) is 12.3 Å². The summed E-state index contributed by atoms with van der Waals surface area (Å²) in [5.41, 5.74) is 0. The average Bonchev–Trinajstić information content (AvgIpc) is 2.54. The molecule has 0 saturated heterocycles. The summed E-state index contributed by atoms with van der Waals surface area (Å²) in [6.07, 6.45) is 29.6. The molecule has 0 spiro atoms. The van der Waals surface area contributed by atoms with Gasteiger partial charge in [0.1, 0.15) is 6.29 Å². The summed E-state index contributed by atoms with van der Waals surface area (Å²) in [5.74, 6) is 2.71. The van der Waals surface area contributed by atoms with Crippen LogP contribution >= 0.6 is 0 Å². The molecule has 1 nitrogen and oxygen atoms in total. The topological polar surface area (TPSA) is 17.1 Å². The van der Waals surface area contributed by atoms with Crippen LogP contribution in [0.3, 0.4) is 0 Å². The summed E-state index contributed by atoms with van der Waals surface area (Å²) < 4.78 is 0. The van der Waals surface area contributed by atoms with Gasteiger partial charge in [0, 0.05) is 12.8 Å². The van der Waals surface area contributed by atoms with Gasteiger partial charge in [0.2, 0.25) is 0 Å². The molecule has 0 fully saturated rings. The van der Waals surface area contributed by atoms with E-state index in [9.17, 15) is 4.79 Å². The third-order valence-corrected chi connectivity index (χ3v) is 4.39. The van der Waals surface area contributed by atoms with Gasteiger partial charge in [0.15, 0.2) is 0 Å². The van der Waals surface area contributed by atoms with E-state index in [0.717, 1.165) is 25.5 Å². The Morgan fingerprint density at radius 2 is 0.864 bits per heavy atom. The minimum absolute atomic E-state index is 0.755. The number of terminal acetylenes is 1. The van der Waals surface area contributed by atoms with Gasteiger partial charge in [-0.1, -0.05) is 89.9 Å². The lowest BCUT2D eigenvalue weighted by Crippen LogP contribution is -1.84. The Kier molecular flexibility index (Phi) is 19.5. The molecule has 0 rings (SSSR count). The molecule has 0 heterocycles. The molecule has 0 N–H and O–H groups in total. The first-order valence-corrected chi connectivity index (χ1v) is 9.79. The van der Waals surface area contributed by atoms with Crippen molar-refractivity contribution >= 4 is 6.29 Å². The maximum atomic E-state index is 10.2. The Bertz CT molecular complexity index is 251. The van der Waals surface area contributed by atoms with Gasteiger partial charge in [-0.3, -0.25) is 0 Å². The first kappa shape index (κ1) is 21.2. The van der Waals surface area contributed by atoms with E-state index in [0.29, 0.717) is 0 Å². The minimum Gasteiger partial charge on any atom is -0.303 e. The van der Waals surface area contributed by atoms with Crippen LogP contribution in [-0.2, 0) is 4.79 Å². The van der Waals surface area contributed by atoms with Gasteiger partial charge in [-0.25, -0.2) is 0 Å². The molecular formula is C21H38O. The van der Waals surface area contributed by atoms with Gasteiger partial charge >= 0.3 is 0 Å². The van der Waals surface area contributed by atoms with E-state index >= 15 is 0 Å². The largest absolute Gasteiger partial charge is 0.303 e. The molecule has 0 amide bonds. The van der Waals surface area contributed by atoms with E-state index in [1.807, 2.05) is 0 Å². The summed E-state index contributed by atoms with van der Waals surface area (Å²) in [6.45, 7) is 0. The van der Waals surface area contributed by atoms with Crippen molar-refractivity contribution in [3.05, 3.63) is 0 Å². The van der Waals surface area contributed by atoms with E-state index in [1.165, 1.54) is 96.3 Å². The van der Waals surface area contributed by atoms with Crippen LogP contribution in [0.2, 0.25) is 0 Å². The highest BCUT2D eigenvalue weighted by molar-refractivity contribution is 5.48. The standard InChI is InChI=1S/C21H38O/c1-2-3-4-5-6-7-8-9-10-11-12-13-14-15-16-17-18-19-20-21-22/h1,21H,3-20H2. The molecule has 0 saturated carbocycles. The molecule has 0 atom stereocenters. The fourth-order valence-corrected chi connectivity index (χ4v) is 2.93. The zero-order valence-corrected chi connectivity index (χ0v) is 14.8. The first-order valence-electron chi connectivity index (χ1n) is 9.79. The van der Waals surface area contributed by atoms with E-state index in [4.69, 9.17) is 6.42 Å². The molecule has 0 bridgehead atoms. The lowest BCUT2D eigenvalue weighted by Gasteiger charge is -2.03. The van der Waals surface area contributed by atoms with Crippen molar-refractivity contribution in [2.24, 2.45) is 0 Å². The maximum Gasteiger partial charge on any atom is 0.119 e. The van der Waals surface area contributed by atoms with Crippen molar-refractivity contribution in [3.8, 4) is 12.3 Å². The van der Waals surface area contributed by atoms with Crippen molar-refractivity contribution in [2.45, 2.75) is 116 Å². The lowest BCUT2D eigenvalue weighted by atomic mass is 10.0. The predicted octanol–water partition coefficient (Wildman–Crippen LogP) is 6.84. The SMILES string of the molecule is C#CCCCCCCCCCCCCCCCCCCC=O. The van der Waals surface area contributed by atoms with E-state index in [-0.39, 0.29) is 0 Å². The predicted molar refractivity (Wildman–Crippen MR) is 98.0 cm³/mol. The molecule has 22 heavy (non-hydrogen) atoms. The van der Waals surface area contributed by atoms with Crippen LogP contribution in [0.1, 0.15) is 116 Å². The first-order chi connectivity index (χ1) is 10.9. The van der Waals surface area contributed by atoms with Crippen LogP contribution in [0.4, 0.5) is 0 Å². The van der Waals surface area contributed by atoms with Crippen molar-refractivity contribution in [2.75, 3.05) is 0 Å². The normalized spacial score (nSPS) is 10.5. The summed E-state index contributed by atoms with van der Waals surface area (Å²) >= 11 is 0. The summed E-state index contributed by atoms with van der Waals surface area (Å²) in [4.78, 5) is 10.2. The van der Waals surface area contributed by atoms with Gasteiger partial charge in [0.05, 0.1) is 0 Å². The van der Waals surface area contributed by atoms with Crippen LogP contribution in [0.15, 0.2) is 0 Å². The maximum absolute atomic E-state index is 10.2. The van der Waals surface area contributed by atoms with Crippen molar-refractivity contribution < 1.29 is 4.79 Å². The van der Waals surface area contributed by atoms with Crippen LogP contribution in [0.25, 0.3) is 0 Å². The third-order valence-electron chi connectivity index (χ3n) is 4.39. The molecule has 0 aromatic carbocycles. The smallest absolute Gasteiger partial charge is 0.119 e. The zero-order chi connectivity index (χ0) is 16.1. The van der Waals surface area contributed by atoms with E-state index in [2.05, 4.69) is 5.92 Å². The average molecular weight is 307 g/mol. The van der Waals surface area contributed by atoms with Gasteiger partial charge in [-0.05, 0) is 12.8 Å². The highest BCUT2D eigenvalue weighted by atomic mass is 16.1. The van der Waals surface area contributed by atoms with E-state index in [1.54, 1.807) is 0 Å². The second-order valence-corrected chi connectivity index (χ2v) is 6.57. The third kappa shape index (κ3) is 19.2. The molecule has 0 aliphatic carbocycles. The number of unbranched alkanes of at least 4 members (excludes halogenated alkanes) is 17. The second-order valence-electron chi connectivity index (χ2n) is 6.57. The van der Waals surface area contributed by atoms with Crippen molar-refractivity contribution in [1.82, 2.24) is 0 Å². The Morgan fingerprint density at radius 3 is 1.18 bits per heavy atom. The zero-order valence-electron chi connectivity index (χ0n) is 14.8. The Hall–Kier alpha value is -0.770. The molecule has 0 aromatic heterocycles. The Balaban J connectivity index is 2.94. The highest BCUT2D eigenvalue weighted by Gasteiger charge is 1.94. The molecule has 0 unspecified atom stereocenters. The van der Waals surface area contributed by atoms with Crippen LogP contribution in [0.5, 0.6) is 0 Å². The lowest BCUT2D eigenvalue weighted by molar-refractivity contribution is -0.107. The quantitative estimate of drug-likeness (QED) is 0.154.